The van der Waals surface area contributed by atoms with Crippen molar-refractivity contribution in [3.05, 3.63) is 64.4 Å². The molecule has 0 radical (unpaired) electrons. The second kappa shape index (κ2) is 7.80. The van der Waals surface area contributed by atoms with Crippen molar-refractivity contribution in [2.75, 3.05) is 11.3 Å². The molecule has 0 bridgehead atoms. The van der Waals surface area contributed by atoms with Crippen molar-refractivity contribution in [3.63, 3.8) is 0 Å². The highest BCUT2D eigenvalue weighted by molar-refractivity contribution is 7.90. The fourth-order valence-electron chi connectivity index (χ4n) is 3.34. The van der Waals surface area contributed by atoms with Crippen LogP contribution in [0.1, 0.15) is 16.7 Å². The van der Waals surface area contributed by atoms with Gasteiger partial charge in [0, 0.05) is 35.2 Å². The van der Waals surface area contributed by atoms with E-state index in [1.54, 1.807) is 18.2 Å². The first-order valence-electron chi connectivity index (χ1n) is 8.67. The highest BCUT2D eigenvalue weighted by Crippen LogP contribution is 2.38. The second-order valence-electron chi connectivity index (χ2n) is 6.57. The molecule has 0 fully saturated rings. The van der Waals surface area contributed by atoms with Gasteiger partial charge in [-0.25, -0.2) is 9.71 Å². The van der Waals surface area contributed by atoms with E-state index in [0.29, 0.717) is 17.5 Å². The Morgan fingerprint density at radius 2 is 1.97 bits per heavy atom. The van der Waals surface area contributed by atoms with Gasteiger partial charge in [0.15, 0.2) is 0 Å². The number of halogens is 4. The molecule has 0 saturated carbocycles. The van der Waals surface area contributed by atoms with Crippen LogP contribution >= 0.6 is 23.1 Å². The normalized spacial score (nSPS) is 15.1. The van der Waals surface area contributed by atoms with Crippen LogP contribution in [0.4, 0.5) is 18.3 Å². The SMILES string of the molecule is O=S(=O)(Nc1ncns1)N1CCc2c(cccc2-c2ccc(C(F)(F)F)cc2Cl)C1. The number of benzene rings is 2. The lowest BCUT2D eigenvalue weighted by molar-refractivity contribution is -0.137. The second-order valence-corrected chi connectivity index (χ2v) is 9.43. The van der Waals surface area contributed by atoms with Crippen molar-refractivity contribution in [2.24, 2.45) is 0 Å². The minimum absolute atomic E-state index is 0.00814. The van der Waals surface area contributed by atoms with Gasteiger partial charge >= 0.3 is 16.4 Å². The minimum Gasteiger partial charge on any atom is -0.244 e. The van der Waals surface area contributed by atoms with E-state index in [-0.39, 0.29) is 23.2 Å². The van der Waals surface area contributed by atoms with Crippen LogP contribution in [0.2, 0.25) is 5.02 Å². The van der Waals surface area contributed by atoms with Gasteiger partial charge in [0.1, 0.15) is 6.33 Å². The van der Waals surface area contributed by atoms with Crippen LogP contribution < -0.4 is 4.72 Å². The van der Waals surface area contributed by atoms with Crippen molar-refractivity contribution in [1.29, 1.82) is 0 Å². The summed E-state index contributed by atoms with van der Waals surface area (Å²) in [5.41, 5.74) is 1.98. The zero-order valence-corrected chi connectivity index (χ0v) is 17.5. The van der Waals surface area contributed by atoms with Gasteiger partial charge in [-0.15, -0.1) is 0 Å². The molecule has 0 aliphatic carbocycles. The predicted molar refractivity (Wildman–Crippen MR) is 108 cm³/mol. The molecule has 0 amide bonds. The highest BCUT2D eigenvalue weighted by Gasteiger charge is 2.32. The van der Waals surface area contributed by atoms with Crippen molar-refractivity contribution in [3.8, 4) is 11.1 Å². The Balaban J connectivity index is 1.64. The molecular weight excluding hydrogens is 461 g/mol. The Bertz CT molecular complexity index is 1180. The third-order valence-electron chi connectivity index (χ3n) is 4.74. The van der Waals surface area contributed by atoms with Crippen LogP contribution in [0.3, 0.4) is 0 Å². The summed E-state index contributed by atoms with van der Waals surface area (Å²) in [5.74, 6) is 0. The summed E-state index contributed by atoms with van der Waals surface area (Å²) in [6, 6.07) is 8.55. The van der Waals surface area contributed by atoms with E-state index in [2.05, 4.69) is 14.1 Å². The smallest absolute Gasteiger partial charge is 0.244 e. The van der Waals surface area contributed by atoms with E-state index in [1.165, 1.54) is 16.7 Å². The maximum absolute atomic E-state index is 12.9. The Morgan fingerprint density at radius 3 is 2.63 bits per heavy atom. The molecule has 30 heavy (non-hydrogen) atoms. The van der Waals surface area contributed by atoms with E-state index < -0.39 is 21.9 Å². The van der Waals surface area contributed by atoms with Gasteiger partial charge in [-0.05, 0) is 35.2 Å². The lowest BCUT2D eigenvalue weighted by Gasteiger charge is -2.29. The van der Waals surface area contributed by atoms with Gasteiger partial charge in [-0.2, -0.15) is 30.3 Å². The molecule has 2 heterocycles. The van der Waals surface area contributed by atoms with Crippen molar-refractivity contribution in [1.82, 2.24) is 13.7 Å². The number of anilines is 1. The zero-order valence-electron chi connectivity index (χ0n) is 15.1. The summed E-state index contributed by atoms with van der Waals surface area (Å²) in [5, 5.41) is 0.164. The van der Waals surface area contributed by atoms with Crippen molar-refractivity contribution < 1.29 is 21.6 Å². The lowest BCUT2D eigenvalue weighted by Crippen LogP contribution is -2.39. The summed E-state index contributed by atoms with van der Waals surface area (Å²) in [4.78, 5) is 3.82. The van der Waals surface area contributed by atoms with E-state index >= 15 is 0 Å². The molecular formula is C18H14ClF3N4O2S2. The fraction of sp³-hybridized carbons (Fsp3) is 0.222. The maximum Gasteiger partial charge on any atom is 0.416 e. The number of aromatic nitrogens is 2. The molecule has 1 N–H and O–H groups in total. The summed E-state index contributed by atoms with van der Waals surface area (Å²) >= 11 is 7.10. The first kappa shape index (κ1) is 21.0. The number of nitrogens with one attached hydrogen (secondary N) is 1. The average Bonchev–Trinajstić information content (AvgIpc) is 3.18. The predicted octanol–water partition coefficient (Wildman–Crippen LogP) is 4.59. The zero-order chi connectivity index (χ0) is 21.5. The fourth-order valence-corrected chi connectivity index (χ4v) is 5.42. The minimum atomic E-state index is -4.48. The molecule has 4 rings (SSSR count). The molecule has 0 spiro atoms. The molecule has 6 nitrogen and oxygen atoms in total. The van der Waals surface area contributed by atoms with Gasteiger partial charge in [0.05, 0.1) is 5.56 Å². The number of hydrogen-bond donors (Lipinski definition) is 1. The third-order valence-corrected chi connectivity index (χ3v) is 7.20. The summed E-state index contributed by atoms with van der Waals surface area (Å²) in [7, 11) is -3.82. The van der Waals surface area contributed by atoms with Crippen LogP contribution in [0.25, 0.3) is 11.1 Å². The number of rotatable bonds is 4. The van der Waals surface area contributed by atoms with Gasteiger partial charge in [-0.3, -0.25) is 0 Å². The summed E-state index contributed by atoms with van der Waals surface area (Å²) < 4.78 is 71.5. The lowest BCUT2D eigenvalue weighted by atomic mass is 9.91. The van der Waals surface area contributed by atoms with E-state index in [1.807, 2.05) is 0 Å². The largest absolute Gasteiger partial charge is 0.416 e. The molecule has 3 aromatic rings. The highest BCUT2D eigenvalue weighted by atomic mass is 35.5. The molecule has 0 atom stereocenters. The molecule has 1 aliphatic heterocycles. The van der Waals surface area contributed by atoms with Gasteiger partial charge in [0.2, 0.25) is 5.13 Å². The molecule has 0 saturated heterocycles. The topological polar surface area (TPSA) is 75.2 Å². The quantitative estimate of drug-likeness (QED) is 0.600. The van der Waals surface area contributed by atoms with Crippen LogP contribution in [0.5, 0.6) is 0 Å². The van der Waals surface area contributed by atoms with Crippen LogP contribution in [-0.2, 0) is 29.4 Å². The van der Waals surface area contributed by atoms with Crippen molar-refractivity contribution in [2.45, 2.75) is 19.1 Å². The summed E-state index contributed by atoms with van der Waals surface area (Å²) in [6.45, 7) is 0.325. The van der Waals surface area contributed by atoms with Crippen LogP contribution in [0, 0.1) is 0 Å². The van der Waals surface area contributed by atoms with Gasteiger partial charge in [-0.1, -0.05) is 35.9 Å². The number of hydrogen-bond acceptors (Lipinski definition) is 5. The van der Waals surface area contributed by atoms with Crippen molar-refractivity contribution >= 4 is 38.5 Å². The van der Waals surface area contributed by atoms with Gasteiger partial charge in [0.25, 0.3) is 0 Å². The first-order chi connectivity index (χ1) is 14.1. The molecule has 2 aromatic carbocycles. The first-order valence-corrected chi connectivity index (χ1v) is 11.3. The monoisotopic (exact) mass is 474 g/mol. The number of nitrogens with zero attached hydrogens (tertiary/aromatic N) is 3. The average molecular weight is 475 g/mol. The third kappa shape index (κ3) is 4.15. The molecule has 12 heteroatoms. The standard InChI is InChI=1S/C18H14ClF3N4O2S2/c19-16-8-12(18(20,21)22)4-5-15(16)14-3-1-2-11-9-26(7-6-13(11)14)30(27,28)25-17-23-10-24-29-17/h1-5,8,10H,6-7,9H2,(H,23,24,25). The molecule has 1 aliphatic rings. The number of fused-ring (bicyclic) bond motifs is 1. The summed E-state index contributed by atoms with van der Waals surface area (Å²) in [6.07, 6.45) is -2.83. The van der Waals surface area contributed by atoms with Gasteiger partial charge < -0.3 is 0 Å². The Labute approximate surface area is 179 Å². The molecule has 158 valence electrons. The molecule has 0 unspecified atom stereocenters. The Kier molecular flexibility index (Phi) is 5.47. The Hall–Kier alpha value is -2.21. The van der Waals surface area contributed by atoms with E-state index in [0.717, 1.165) is 34.8 Å². The Morgan fingerprint density at radius 1 is 1.17 bits per heavy atom. The maximum atomic E-state index is 12.9. The van der Waals surface area contributed by atoms with E-state index in [4.69, 9.17) is 11.6 Å². The molecule has 1 aromatic heterocycles. The van der Waals surface area contributed by atoms with Crippen LogP contribution in [-0.4, -0.2) is 28.6 Å². The van der Waals surface area contributed by atoms with Crippen LogP contribution in [0.15, 0.2) is 42.7 Å². The van der Waals surface area contributed by atoms with E-state index in [9.17, 15) is 21.6 Å². The number of alkyl halides is 3.